The van der Waals surface area contributed by atoms with E-state index in [1.54, 1.807) is 0 Å². The number of anilines is 1. The number of fused-ring (bicyclic) bond motifs is 1. The van der Waals surface area contributed by atoms with Crippen molar-refractivity contribution in [1.82, 2.24) is 4.98 Å². The Hall–Kier alpha value is -0.700. The zero-order valence-corrected chi connectivity index (χ0v) is 10.4. The second-order valence-electron chi connectivity index (χ2n) is 4.77. The van der Waals surface area contributed by atoms with Crippen LogP contribution in [0.15, 0.2) is 12.1 Å². The third-order valence-electron chi connectivity index (χ3n) is 3.52. The highest BCUT2D eigenvalue weighted by Crippen LogP contribution is 2.25. The zero-order valence-electron chi connectivity index (χ0n) is 9.54. The van der Waals surface area contributed by atoms with Crippen molar-refractivity contribution in [2.45, 2.75) is 25.7 Å². The third-order valence-corrected chi connectivity index (χ3v) is 4.76. The highest BCUT2D eigenvalue weighted by molar-refractivity contribution is 7.99. The van der Waals surface area contributed by atoms with Crippen LogP contribution in [-0.4, -0.2) is 23.0 Å². The van der Waals surface area contributed by atoms with Crippen molar-refractivity contribution in [3.8, 4) is 0 Å². The maximum Gasteiger partial charge on any atom is 0.126 e. The molecule has 0 amide bonds. The average molecular weight is 234 g/mol. The molecular formula is C13H18N2S. The Kier molecular flexibility index (Phi) is 3.04. The minimum Gasteiger partial charge on any atom is -0.370 e. The molecule has 2 nitrogen and oxygen atoms in total. The molecule has 1 atom stereocenters. The first-order chi connectivity index (χ1) is 7.92. The molecule has 16 heavy (non-hydrogen) atoms. The van der Waals surface area contributed by atoms with Gasteiger partial charge in [0.15, 0.2) is 0 Å². The largest absolute Gasteiger partial charge is 0.370 e. The van der Waals surface area contributed by atoms with Crippen LogP contribution in [0, 0.1) is 5.92 Å². The molecule has 1 saturated heterocycles. The number of aromatic nitrogens is 1. The highest BCUT2D eigenvalue weighted by atomic mass is 32.2. The van der Waals surface area contributed by atoms with E-state index in [0.29, 0.717) is 0 Å². The molecule has 1 aliphatic heterocycles. The Labute approximate surface area is 101 Å². The maximum absolute atomic E-state index is 4.70. The zero-order chi connectivity index (χ0) is 10.8. The van der Waals surface area contributed by atoms with Gasteiger partial charge in [-0.1, -0.05) is 6.07 Å². The van der Waals surface area contributed by atoms with Gasteiger partial charge in [0, 0.05) is 12.2 Å². The molecule has 0 saturated carbocycles. The van der Waals surface area contributed by atoms with Gasteiger partial charge < -0.3 is 5.32 Å². The summed E-state index contributed by atoms with van der Waals surface area (Å²) in [4.78, 5) is 4.70. The standard InChI is InChI=1S/C13H18N2S/c1-2-11-4-5-13(15-12(11)3-1)14-8-10-6-7-16-9-10/h4-5,10H,1-3,6-9H2,(H,14,15). The van der Waals surface area contributed by atoms with E-state index in [-0.39, 0.29) is 0 Å². The van der Waals surface area contributed by atoms with Crippen molar-refractivity contribution < 1.29 is 0 Å². The van der Waals surface area contributed by atoms with Gasteiger partial charge in [0.1, 0.15) is 5.82 Å². The van der Waals surface area contributed by atoms with Crippen LogP contribution in [0.25, 0.3) is 0 Å². The predicted octanol–water partition coefficient (Wildman–Crippen LogP) is 2.74. The summed E-state index contributed by atoms with van der Waals surface area (Å²) in [5, 5.41) is 3.49. The molecule has 0 bridgehead atoms. The van der Waals surface area contributed by atoms with Gasteiger partial charge in [-0.05, 0) is 54.7 Å². The number of pyridine rings is 1. The summed E-state index contributed by atoms with van der Waals surface area (Å²) >= 11 is 2.08. The number of hydrogen-bond acceptors (Lipinski definition) is 3. The summed E-state index contributed by atoms with van der Waals surface area (Å²) in [6, 6.07) is 4.40. The molecule has 0 aromatic carbocycles. The molecule has 0 radical (unpaired) electrons. The molecule has 3 heteroatoms. The van der Waals surface area contributed by atoms with Gasteiger partial charge >= 0.3 is 0 Å². The topological polar surface area (TPSA) is 24.9 Å². The molecule has 1 aromatic rings. The summed E-state index contributed by atoms with van der Waals surface area (Å²) in [6.07, 6.45) is 5.04. The van der Waals surface area contributed by atoms with Crippen molar-refractivity contribution in [3.63, 3.8) is 0 Å². The van der Waals surface area contributed by atoms with Crippen molar-refractivity contribution >= 4 is 17.6 Å². The highest BCUT2D eigenvalue weighted by Gasteiger charge is 2.16. The van der Waals surface area contributed by atoms with Gasteiger partial charge in [0.25, 0.3) is 0 Å². The fourth-order valence-electron chi connectivity index (χ4n) is 2.51. The number of thioether (sulfide) groups is 1. The van der Waals surface area contributed by atoms with Crippen molar-refractivity contribution in [2.24, 2.45) is 5.92 Å². The first-order valence-corrected chi connectivity index (χ1v) is 7.38. The third kappa shape index (κ3) is 2.19. The van der Waals surface area contributed by atoms with Gasteiger partial charge in [-0.15, -0.1) is 0 Å². The molecule has 1 fully saturated rings. The van der Waals surface area contributed by atoms with Crippen LogP contribution in [0.2, 0.25) is 0 Å². The predicted molar refractivity (Wildman–Crippen MR) is 70.2 cm³/mol. The number of nitrogens with zero attached hydrogens (tertiary/aromatic N) is 1. The Morgan fingerprint density at radius 2 is 2.38 bits per heavy atom. The van der Waals surface area contributed by atoms with Crippen molar-refractivity contribution in [2.75, 3.05) is 23.4 Å². The van der Waals surface area contributed by atoms with Crippen LogP contribution in [0.4, 0.5) is 5.82 Å². The van der Waals surface area contributed by atoms with Crippen LogP contribution in [-0.2, 0) is 12.8 Å². The molecule has 1 unspecified atom stereocenters. The number of nitrogens with one attached hydrogen (secondary N) is 1. The Bertz CT molecular complexity index is 372. The minimum absolute atomic E-state index is 0.847. The number of hydrogen-bond donors (Lipinski definition) is 1. The lowest BCUT2D eigenvalue weighted by Crippen LogP contribution is -2.14. The summed E-state index contributed by atoms with van der Waals surface area (Å²) in [6.45, 7) is 1.10. The smallest absolute Gasteiger partial charge is 0.126 e. The Balaban J connectivity index is 1.61. The van der Waals surface area contributed by atoms with E-state index in [9.17, 15) is 0 Å². The van der Waals surface area contributed by atoms with E-state index in [1.807, 2.05) is 0 Å². The monoisotopic (exact) mass is 234 g/mol. The number of rotatable bonds is 3. The van der Waals surface area contributed by atoms with Crippen molar-refractivity contribution in [3.05, 3.63) is 23.4 Å². The van der Waals surface area contributed by atoms with Crippen LogP contribution >= 0.6 is 11.8 Å². The molecule has 1 N–H and O–H groups in total. The quantitative estimate of drug-likeness (QED) is 0.870. The average Bonchev–Trinajstić information content (AvgIpc) is 2.97. The normalized spacial score (nSPS) is 23.4. The Morgan fingerprint density at radius 3 is 3.25 bits per heavy atom. The summed E-state index contributed by atoms with van der Waals surface area (Å²) < 4.78 is 0. The van der Waals surface area contributed by atoms with E-state index in [0.717, 1.165) is 18.3 Å². The second kappa shape index (κ2) is 4.66. The van der Waals surface area contributed by atoms with E-state index in [2.05, 4.69) is 29.2 Å². The maximum atomic E-state index is 4.70. The molecule has 2 aliphatic rings. The molecule has 1 aromatic heterocycles. The first kappa shape index (κ1) is 10.5. The summed E-state index contributed by atoms with van der Waals surface area (Å²) in [7, 11) is 0. The van der Waals surface area contributed by atoms with Gasteiger partial charge in [0.2, 0.25) is 0 Å². The van der Waals surface area contributed by atoms with Crippen LogP contribution in [0.1, 0.15) is 24.1 Å². The molecule has 3 rings (SSSR count). The molecular weight excluding hydrogens is 216 g/mol. The van der Waals surface area contributed by atoms with Gasteiger partial charge in [-0.2, -0.15) is 11.8 Å². The fourth-order valence-corrected chi connectivity index (χ4v) is 3.80. The van der Waals surface area contributed by atoms with Gasteiger partial charge in [0.05, 0.1) is 0 Å². The lowest BCUT2D eigenvalue weighted by molar-refractivity contribution is 0.630. The minimum atomic E-state index is 0.847. The SMILES string of the molecule is c1cc2c(nc1NCC1CCSC1)CCC2. The Morgan fingerprint density at radius 1 is 1.38 bits per heavy atom. The summed E-state index contributed by atoms with van der Waals surface area (Å²) in [5.41, 5.74) is 2.78. The number of aryl methyl sites for hydroxylation is 2. The van der Waals surface area contributed by atoms with Gasteiger partial charge in [-0.3, -0.25) is 0 Å². The van der Waals surface area contributed by atoms with E-state index in [4.69, 9.17) is 4.98 Å². The van der Waals surface area contributed by atoms with E-state index >= 15 is 0 Å². The van der Waals surface area contributed by atoms with Crippen molar-refractivity contribution in [1.29, 1.82) is 0 Å². The van der Waals surface area contributed by atoms with E-state index < -0.39 is 0 Å². The van der Waals surface area contributed by atoms with Crippen LogP contribution < -0.4 is 5.32 Å². The lowest BCUT2D eigenvalue weighted by atomic mass is 10.1. The molecule has 0 spiro atoms. The molecule has 1 aliphatic carbocycles. The van der Waals surface area contributed by atoms with Crippen LogP contribution in [0.3, 0.4) is 0 Å². The van der Waals surface area contributed by atoms with Gasteiger partial charge in [-0.25, -0.2) is 4.98 Å². The summed E-state index contributed by atoms with van der Waals surface area (Å²) in [5.74, 6) is 4.58. The molecule has 2 heterocycles. The first-order valence-electron chi connectivity index (χ1n) is 6.22. The lowest BCUT2D eigenvalue weighted by Gasteiger charge is -2.11. The van der Waals surface area contributed by atoms with Crippen LogP contribution in [0.5, 0.6) is 0 Å². The second-order valence-corrected chi connectivity index (χ2v) is 5.92. The fraction of sp³-hybridized carbons (Fsp3) is 0.615. The van der Waals surface area contributed by atoms with E-state index in [1.165, 1.54) is 48.4 Å². The molecule has 86 valence electrons.